The van der Waals surface area contributed by atoms with Gasteiger partial charge in [-0.1, -0.05) is 35.3 Å². The summed E-state index contributed by atoms with van der Waals surface area (Å²) in [5.41, 5.74) is -0.759. The second kappa shape index (κ2) is 11.1. The van der Waals surface area contributed by atoms with E-state index in [-0.39, 0.29) is 22.1 Å². The van der Waals surface area contributed by atoms with Gasteiger partial charge >= 0.3 is 11.8 Å². The van der Waals surface area contributed by atoms with Crippen LogP contribution in [0.3, 0.4) is 0 Å². The third-order valence-electron chi connectivity index (χ3n) is 5.93. The number of nitrogens with one attached hydrogen (secondary N) is 2. The molecule has 0 saturated carbocycles. The zero-order valence-corrected chi connectivity index (χ0v) is 22.1. The average Bonchev–Trinajstić information content (AvgIpc) is 2.86. The van der Waals surface area contributed by atoms with Crippen molar-refractivity contribution in [3.63, 3.8) is 0 Å². The Morgan fingerprint density at radius 1 is 1.03 bits per heavy atom. The Labute approximate surface area is 230 Å². The van der Waals surface area contributed by atoms with E-state index in [1.54, 1.807) is 44.2 Å². The summed E-state index contributed by atoms with van der Waals surface area (Å²) in [4.78, 5) is 38.6. The Bertz CT molecular complexity index is 1670. The van der Waals surface area contributed by atoms with Crippen LogP contribution in [0.15, 0.2) is 63.8 Å². The van der Waals surface area contributed by atoms with Crippen LogP contribution in [0.25, 0.3) is 22.1 Å². The van der Waals surface area contributed by atoms with Crippen LogP contribution in [0, 0.1) is 6.92 Å². The van der Waals surface area contributed by atoms with Crippen molar-refractivity contribution in [1.29, 1.82) is 0 Å². The molecule has 0 aliphatic carbocycles. The molecular weight excluding hydrogens is 556 g/mol. The van der Waals surface area contributed by atoms with E-state index < -0.39 is 35.4 Å². The van der Waals surface area contributed by atoms with Gasteiger partial charge in [-0.2, -0.15) is 13.2 Å². The smallest absolute Gasteiger partial charge is 0.418 e. The fraction of sp³-hybridized carbons (Fsp3) is 0.179. The van der Waals surface area contributed by atoms with E-state index in [1.807, 2.05) is 0 Å². The van der Waals surface area contributed by atoms with Crippen molar-refractivity contribution in [3.05, 3.63) is 97.3 Å². The van der Waals surface area contributed by atoms with Crippen LogP contribution in [0.5, 0.6) is 0 Å². The van der Waals surface area contributed by atoms with Gasteiger partial charge in [-0.3, -0.25) is 9.59 Å². The van der Waals surface area contributed by atoms with Gasteiger partial charge < -0.3 is 15.1 Å². The van der Waals surface area contributed by atoms with E-state index >= 15 is 0 Å². The molecule has 0 unspecified atom stereocenters. The maximum atomic E-state index is 13.5. The van der Waals surface area contributed by atoms with Crippen LogP contribution in [0.2, 0.25) is 10.0 Å². The van der Waals surface area contributed by atoms with Crippen LogP contribution in [-0.2, 0) is 17.4 Å². The lowest BCUT2D eigenvalue weighted by molar-refractivity contribution is -0.137. The predicted molar refractivity (Wildman–Crippen MR) is 144 cm³/mol. The van der Waals surface area contributed by atoms with Crippen molar-refractivity contribution >= 4 is 51.7 Å². The Morgan fingerprint density at radius 2 is 1.77 bits per heavy atom. The van der Waals surface area contributed by atoms with Gasteiger partial charge in [0.25, 0.3) is 5.91 Å². The van der Waals surface area contributed by atoms with Crippen molar-refractivity contribution in [1.82, 2.24) is 5.32 Å². The zero-order valence-electron chi connectivity index (χ0n) is 20.6. The van der Waals surface area contributed by atoms with E-state index in [1.165, 1.54) is 12.1 Å². The minimum absolute atomic E-state index is 0.0997. The van der Waals surface area contributed by atoms with Crippen LogP contribution in [-0.4, -0.2) is 18.4 Å². The topological polar surface area (TPSA) is 88.4 Å². The lowest BCUT2D eigenvalue weighted by atomic mass is 9.93. The summed E-state index contributed by atoms with van der Waals surface area (Å²) < 4.78 is 46.1. The van der Waals surface area contributed by atoms with Gasteiger partial charge in [0.1, 0.15) is 5.58 Å². The van der Waals surface area contributed by atoms with Gasteiger partial charge in [0, 0.05) is 39.2 Å². The molecule has 39 heavy (non-hydrogen) atoms. The molecule has 0 atom stereocenters. The molecule has 0 spiro atoms. The van der Waals surface area contributed by atoms with Crippen molar-refractivity contribution in [2.75, 3.05) is 11.9 Å². The monoisotopic (exact) mass is 576 g/mol. The molecule has 3 aromatic carbocycles. The molecule has 0 saturated heterocycles. The largest absolute Gasteiger partial charge is 0.422 e. The first-order valence-corrected chi connectivity index (χ1v) is 12.5. The molecule has 0 bridgehead atoms. The minimum atomic E-state index is -4.78. The highest BCUT2D eigenvalue weighted by Crippen LogP contribution is 2.37. The fourth-order valence-corrected chi connectivity index (χ4v) is 4.48. The highest BCUT2D eigenvalue weighted by Gasteiger charge is 2.34. The number of amides is 2. The van der Waals surface area contributed by atoms with Gasteiger partial charge in [0.2, 0.25) is 5.91 Å². The number of rotatable bonds is 6. The van der Waals surface area contributed by atoms with E-state index in [4.69, 9.17) is 27.6 Å². The summed E-state index contributed by atoms with van der Waals surface area (Å²) in [6.07, 6.45) is -5.39. The van der Waals surface area contributed by atoms with Crippen molar-refractivity contribution < 1.29 is 27.2 Å². The molecule has 2 N–H and O–H groups in total. The molecule has 6 nitrogen and oxygen atoms in total. The van der Waals surface area contributed by atoms with E-state index in [2.05, 4.69) is 10.6 Å². The molecule has 0 aliphatic heterocycles. The molecule has 0 radical (unpaired) electrons. The Kier molecular flexibility index (Phi) is 8.04. The number of anilines is 1. The lowest BCUT2D eigenvalue weighted by Crippen LogP contribution is -2.23. The maximum absolute atomic E-state index is 13.5. The van der Waals surface area contributed by atoms with Crippen molar-refractivity contribution in [3.8, 4) is 11.1 Å². The number of benzene rings is 3. The Balaban J connectivity index is 1.85. The lowest BCUT2D eigenvalue weighted by Gasteiger charge is -2.16. The molecule has 4 aromatic rings. The van der Waals surface area contributed by atoms with Gasteiger partial charge in [-0.25, -0.2) is 4.79 Å². The number of halogens is 5. The number of hydrogen-bond donors (Lipinski definition) is 2. The first kappa shape index (κ1) is 28.2. The zero-order chi connectivity index (χ0) is 28.5. The predicted octanol–water partition coefficient (Wildman–Crippen LogP) is 7.02. The van der Waals surface area contributed by atoms with Crippen LogP contribution in [0.4, 0.5) is 18.9 Å². The normalized spacial score (nSPS) is 11.5. The van der Waals surface area contributed by atoms with Gasteiger partial charge in [-0.15, -0.1) is 0 Å². The highest BCUT2D eigenvalue weighted by atomic mass is 35.5. The maximum Gasteiger partial charge on any atom is 0.418 e. The Hall–Kier alpha value is -3.82. The van der Waals surface area contributed by atoms with Crippen molar-refractivity contribution in [2.45, 2.75) is 26.4 Å². The summed E-state index contributed by atoms with van der Waals surface area (Å²) in [5.74, 6) is -1.23. The van der Waals surface area contributed by atoms with Gasteiger partial charge in [0.15, 0.2) is 0 Å². The SMILES string of the molecule is CCNC(=O)c1cccc(-c2c(CC(=O)Nc3ccc(Cl)cc3C(F)(F)F)c(=O)oc3cc(Cl)c(C)cc23)c1. The molecule has 202 valence electrons. The van der Waals surface area contributed by atoms with Crippen LogP contribution < -0.4 is 16.3 Å². The molecule has 4 rings (SSSR count). The Morgan fingerprint density at radius 3 is 2.46 bits per heavy atom. The summed E-state index contributed by atoms with van der Waals surface area (Å²) >= 11 is 12.0. The summed E-state index contributed by atoms with van der Waals surface area (Å²) in [7, 11) is 0. The molecule has 0 aliphatic rings. The molecular formula is C28H21Cl2F3N2O4. The number of aryl methyl sites for hydroxylation is 1. The fourth-order valence-electron chi connectivity index (χ4n) is 4.15. The van der Waals surface area contributed by atoms with Crippen LogP contribution >= 0.6 is 23.2 Å². The summed E-state index contributed by atoms with van der Waals surface area (Å²) in [5, 5.41) is 5.56. The molecule has 1 heterocycles. The third kappa shape index (κ3) is 6.10. The number of carbonyl (C=O) groups excluding carboxylic acids is 2. The average molecular weight is 577 g/mol. The number of fused-ring (bicyclic) bond motifs is 1. The second-order valence-electron chi connectivity index (χ2n) is 8.69. The standard InChI is InChI=1S/C28H21Cl2F3N2O4/c1-3-34-26(37)16-6-4-5-15(10-16)25-18-9-14(2)21(30)13-23(18)39-27(38)19(25)12-24(36)35-22-8-7-17(29)11-20(22)28(31,32)33/h4-11,13H,3,12H2,1-2H3,(H,34,37)(H,35,36). The van der Waals surface area contributed by atoms with E-state index in [0.29, 0.717) is 45.3 Å². The molecule has 0 fully saturated rings. The van der Waals surface area contributed by atoms with Gasteiger partial charge in [-0.05, 0) is 61.4 Å². The minimum Gasteiger partial charge on any atom is -0.422 e. The number of hydrogen-bond acceptors (Lipinski definition) is 4. The first-order valence-electron chi connectivity index (χ1n) is 11.7. The van der Waals surface area contributed by atoms with E-state index in [0.717, 1.165) is 6.07 Å². The highest BCUT2D eigenvalue weighted by molar-refractivity contribution is 6.32. The summed E-state index contributed by atoms with van der Waals surface area (Å²) in [6, 6.07) is 12.5. The second-order valence-corrected chi connectivity index (χ2v) is 9.54. The number of alkyl halides is 3. The third-order valence-corrected chi connectivity index (χ3v) is 6.57. The summed E-state index contributed by atoms with van der Waals surface area (Å²) in [6.45, 7) is 3.91. The van der Waals surface area contributed by atoms with Gasteiger partial charge in [0.05, 0.1) is 23.2 Å². The quantitative estimate of drug-likeness (QED) is 0.241. The number of carbonyl (C=O) groups is 2. The van der Waals surface area contributed by atoms with E-state index in [9.17, 15) is 27.6 Å². The first-order chi connectivity index (χ1) is 18.4. The van der Waals surface area contributed by atoms with Crippen LogP contribution in [0.1, 0.15) is 34.0 Å². The molecule has 2 amide bonds. The van der Waals surface area contributed by atoms with Crippen molar-refractivity contribution in [2.24, 2.45) is 0 Å². The molecule has 11 heteroatoms. The molecule has 1 aromatic heterocycles.